The minimum Gasteiger partial charge on any atom is -0.464 e. The maximum atomic E-state index is 13.8. The highest BCUT2D eigenvalue weighted by molar-refractivity contribution is 6.02. The molecule has 0 rings (SSSR count). The van der Waals surface area contributed by atoms with E-state index in [2.05, 4.69) is 14.2 Å². The topological polar surface area (TPSA) is 78.9 Å². The van der Waals surface area contributed by atoms with Gasteiger partial charge in [0.1, 0.15) is 0 Å². The third kappa shape index (κ3) is 5.98. The van der Waals surface area contributed by atoms with Gasteiger partial charge in [-0.1, -0.05) is 0 Å². The van der Waals surface area contributed by atoms with E-state index in [1.807, 2.05) is 0 Å². The van der Waals surface area contributed by atoms with E-state index in [9.17, 15) is 18.8 Å². The van der Waals surface area contributed by atoms with E-state index >= 15 is 0 Å². The third-order valence-electron chi connectivity index (χ3n) is 1.84. The smallest absolute Gasteiger partial charge is 0.345 e. The number of alkyl halides is 1. The average molecular weight is 276 g/mol. The first kappa shape index (κ1) is 17.1. The van der Waals surface area contributed by atoms with Crippen molar-refractivity contribution in [1.82, 2.24) is 0 Å². The molecule has 0 aromatic carbocycles. The first-order valence-corrected chi connectivity index (χ1v) is 5.84. The lowest BCUT2D eigenvalue weighted by molar-refractivity contribution is -0.151. The van der Waals surface area contributed by atoms with Crippen LogP contribution in [0.1, 0.15) is 20.8 Å². The quantitative estimate of drug-likeness (QED) is 0.391. The first-order valence-electron chi connectivity index (χ1n) is 5.84. The van der Waals surface area contributed by atoms with Gasteiger partial charge in [-0.3, -0.25) is 0 Å². The highest BCUT2D eigenvalue weighted by Crippen LogP contribution is 2.12. The lowest BCUT2D eigenvalue weighted by Crippen LogP contribution is -2.27. The molecule has 0 aromatic heterocycles. The van der Waals surface area contributed by atoms with Gasteiger partial charge in [0.2, 0.25) is 6.17 Å². The van der Waals surface area contributed by atoms with Crippen molar-refractivity contribution in [3.05, 3.63) is 11.6 Å². The van der Waals surface area contributed by atoms with Crippen molar-refractivity contribution in [2.75, 3.05) is 19.8 Å². The van der Waals surface area contributed by atoms with Crippen molar-refractivity contribution in [3.8, 4) is 0 Å². The molecule has 0 radical (unpaired) electrons. The lowest BCUT2D eigenvalue weighted by Gasteiger charge is -2.10. The van der Waals surface area contributed by atoms with Gasteiger partial charge in [0.25, 0.3) is 0 Å². The van der Waals surface area contributed by atoms with Crippen LogP contribution in [-0.2, 0) is 28.6 Å². The van der Waals surface area contributed by atoms with Crippen molar-refractivity contribution in [2.24, 2.45) is 0 Å². The van der Waals surface area contributed by atoms with Crippen LogP contribution in [0.15, 0.2) is 11.6 Å². The Labute approximate surface area is 110 Å². The summed E-state index contributed by atoms with van der Waals surface area (Å²) in [5, 5.41) is 0. The maximum Gasteiger partial charge on any atom is 0.345 e. The molecule has 1 atom stereocenters. The second-order valence-electron chi connectivity index (χ2n) is 3.19. The van der Waals surface area contributed by atoms with Crippen molar-refractivity contribution in [2.45, 2.75) is 26.9 Å². The lowest BCUT2D eigenvalue weighted by atomic mass is 10.1. The fraction of sp³-hybridized carbons (Fsp3) is 0.583. The molecule has 0 N–H and O–H groups in total. The summed E-state index contributed by atoms with van der Waals surface area (Å²) in [6, 6.07) is 0. The minimum absolute atomic E-state index is 0.0193. The molecule has 108 valence electrons. The van der Waals surface area contributed by atoms with Crippen LogP contribution in [0.3, 0.4) is 0 Å². The Morgan fingerprint density at radius 1 is 1.00 bits per heavy atom. The Balaban J connectivity index is 5.10. The van der Waals surface area contributed by atoms with Crippen LogP contribution in [0.4, 0.5) is 4.39 Å². The summed E-state index contributed by atoms with van der Waals surface area (Å²) in [7, 11) is 0. The number of rotatable bonds is 7. The predicted molar refractivity (Wildman–Crippen MR) is 62.9 cm³/mol. The summed E-state index contributed by atoms with van der Waals surface area (Å²) in [6.45, 7) is 4.54. The zero-order valence-corrected chi connectivity index (χ0v) is 11.1. The highest BCUT2D eigenvalue weighted by Gasteiger charge is 2.30. The summed E-state index contributed by atoms with van der Waals surface area (Å²) in [5.74, 6) is -3.29. The average Bonchev–Trinajstić information content (AvgIpc) is 2.36. The molecule has 0 saturated carbocycles. The van der Waals surface area contributed by atoms with Gasteiger partial charge in [0.15, 0.2) is 0 Å². The molecule has 0 heterocycles. The van der Waals surface area contributed by atoms with Crippen LogP contribution in [0, 0.1) is 0 Å². The Bertz CT molecular complexity index is 363. The van der Waals surface area contributed by atoms with Crippen LogP contribution < -0.4 is 0 Å². The number of carbonyl (C=O) groups excluding carboxylic acids is 3. The van der Waals surface area contributed by atoms with Crippen molar-refractivity contribution < 1.29 is 33.0 Å². The van der Waals surface area contributed by atoms with Crippen molar-refractivity contribution >= 4 is 17.9 Å². The summed E-state index contributed by atoms with van der Waals surface area (Å²) < 4.78 is 27.3. The monoisotopic (exact) mass is 276 g/mol. The van der Waals surface area contributed by atoms with Gasteiger partial charge >= 0.3 is 17.9 Å². The van der Waals surface area contributed by atoms with E-state index in [0.29, 0.717) is 6.08 Å². The molecule has 0 aliphatic carbocycles. The number of hydrogen-bond acceptors (Lipinski definition) is 6. The Morgan fingerprint density at radius 2 is 1.53 bits per heavy atom. The van der Waals surface area contributed by atoms with Gasteiger partial charge in [-0.15, -0.1) is 0 Å². The first-order chi connectivity index (χ1) is 8.97. The van der Waals surface area contributed by atoms with E-state index in [4.69, 9.17) is 0 Å². The fourth-order valence-corrected chi connectivity index (χ4v) is 1.10. The van der Waals surface area contributed by atoms with Crippen LogP contribution in [0.25, 0.3) is 0 Å². The molecular weight excluding hydrogens is 259 g/mol. The molecule has 19 heavy (non-hydrogen) atoms. The Morgan fingerprint density at radius 3 is 2.00 bits per heavy atom. The number of carbonyl (C=O) groups is 3. The van der Waals surface area contributed by atoms with Gasteiger partial charge in [-0.05, 0) is 20.8 Å². The molecule has 1 unspecified atom stereocenters. The second-order valence-corrected chi connectivity index (χ2v) is 3.19. The number of esters is 3. The number of hydrogen-bond donors (Lipinski definition) is 0. The second kappa shape index (κ2) is 9.07. The molecule has 0 aromatic rings. The molecule has 0 bridgehead atoms. The molecule has 0 fully saturated rings. The van der Waals surface area contributed by atoms with Crippen LogP contribution >= 0.6 is 0 Å². The van der Waals surface area contributed by atoms with Crippen molar-refractivity contribution in [3.63, 3.8) is 0 Å². The van der Waals surface area contributed by atoms with Crippen LogP contribution in [-0.4, -0.2) is 43.9 Å². The Kier molecular flexibility index (Phi) is 8.15. The summed E-state index contributed by atoms with van der Waals surface area (Å²) in [4.78, 5) is 33.9. The molecule has 0 aliphatic rings. The zero-order valence-electron chi connectivity index (χ0n) is 11.1. The van der Waals surface area contributed by atoms with Gasteiger partial charge in [0, 0.05) is 6.08 Å². The largest absolute Gasteiger partial charge is 0.464 e. The van der Waals surface area contributed by atoms with Crippen molar-refractivity contribution in [1.29, 1.82) is 0 Å². The third-order valence-corrected chi connectivity index (χ3v) is 1.84. The van der Waals surface area contributed by atoms with Gasteiger partial charge in [0.05, 0.1) is 25.4 Å². The summed E-state index contributed by atoms with van der Waals surface area (Å²) in [5.41, 5.74) is -0.737. The van der Waals surface area contributed by atoms with Crippen LogP contribution in [0.2, 0.25) is 0 Å². The molecule has 6 nitrogen and oxygen atoms in total. The molecule has 0 spiro atoms. The van der Waals surface area contributed by atoms with E-state index in [1.165, 1.54) is 13.8 Å². The van der Waals surface area contributed by atoms with Crippen LogP contribution in [0.5, 0.6) is 0 Å². The molecule has 0 aliphatic heterocycles. The molecular formula is C12H17FO6. The standard InChI is InChI=1S/C12H17FO6/c1-4-17-9(14)7-8(11(15)18-5-2)10(13)12(16)19-6-3/h7,10H,4-6H2,1-3H3/b8-7+. The van der Waals surface area contributed by atoms with Gasteiger partial charge < -0.3 is 14.2 Å². The molecule has 7 heteroatoms. The summed E-state index contributed by atoms with van der Waals surface area (Å²) in [6.07, 6.45) is -1.79. The number of halogens is 1. The normalized spacial score (nSPS) is 12.5. The van der Waals surface area contributed by atoms with E-state index < -0.39 is 29.7 Å². The Hall–Kier alpha value is -1.92. The van der Waals surface area contributed by atoms with Gasteiger partial charge in [-0.25, -0.2) is 18.8 Å². The maximum absolute atomic E-state index is 13.8. The number of ether oxygens (including phenoxy) is 3. The molecule has 0 amide bonds. The van der Waals surface area contributed by atoms with Gasteiger partial charge in [-0.2, -0.15) is 0 Å². The predicted octanol–water partition coefficient (Wildman–Crippen LogP) is 0.940. The summed E-state index contributed by atoms with van der Waals surface area (Å²) >= 11 is 0. The van der Waals surface area contributed by atoms with E-state index in [0.717, 1.165) is 0 Å². The van der Waals surface area contributed by atoms with E-state index in [-0.39, 0.29) is 19.8 Å². The fourth-order valence-electron chi connectivity index (χ4n) is 1.10. The molecule has 0 saturated heterocycles. The van der Waals surface area contributed by atoms with E-state index in [1.54, 1.807) is 6.92 Å². The SMILES string of the molecule is CCOC(=O)/C=C(/C(=O)OCC)C(F)C(=O)OCC. The zero-order chi connectivity index (χ0) is 14.8. The highest BCUT2D eigenvalue weighted by atomic mass is 19.1. The minimum atomic E-state index is -2.39.